The fourth-order valence-electron chi connectivity index (χ4n) is 2.27. The minimum Gasteiger partial charge on any atom is -0.330 e. The molecule has 74 valence electrons. The van der Waals surface area contributed by atoms with Gasteiger partial charge in [-0.3, -0.25) is 0 Å². The van der Waals surface area contributed by atoms with Gasteiger partial charge in [0.2, 0.25) is 0 Å². The van der Waals surface area contributed by atoms with Crippen LogP contribution >= 0.6 is 0 Å². The first-order chi connectivity index (χ1) is 5.74. The summed E-state index contributed by atoms with van der Waals surface area (Å²) in [5.74, 6) is 0. The zero-order chi connectivity index (χ0) is 9.45. The Bertz CT molecular complexity index is 82.2. The molecule has 2 N–H and O–H groups in total. The first-order valence-corrected chi connectivity index (χ1v) is 5.44. The summed E-state index contributed by atoms with van der Waals surface area (Å²) in [4.78, 5) is 0. The second-order valence-electron chi connectivity index (χ2n) is 3.89. The minimum atomic E-state index is 0.568. The third-order valence-corrected chi connectivity index (χ3v) is 2.99. The van der Waals surface area contributed by atoms with Crippen LogP contribution in [-0.2, 0) is 0 Å². The van der Waals surface area contributed by atoms with E-state index >= 15 is 0 Å². The van der Waals surface area contributed by atoms with Crippen LogP contribution in [0.1, 0.15) is 59.3 Å². The normalized spacial score (nSPS) is 12.0. The smallest absolute Gasteiger partial charge is 0.00720 e. The van der Waals surface area contributed by atoms with Crippen molar-refractivity contribution in [3.8, 4) is 0 Å². The molecule has 0 aliphatic carbocycles. The molecule has 1 heteroatoms. The monoisotopic (exact) mass is 171 g/mol. The van der Waals surface area contributed by atoms with E-state index < -0.39 is 0 Å². The minimum absolute atomic E-state index is 0.568. The molecule has 0 aromatic rings. The van der Waals surface area contributed by atoms with Gasteiger partial charge in [-0.1, -0.05) is 40.0 Å². The van der Waals surface area contributed by atoms with Gasteiger partial charge in [-0.25, -0.2) is 0 Å². The van der Waals surface area contributed by atoms with Gasteiger partial charge in [0.05, 0.1) is 0 Å². The highest BCUT2D eigenvalue weighted by Gasteiger charge is 2.24. The van der Waals surface area contributed by atoms with Crippen LogP contribution < -0.4 is 5.73 Å². The summed E-state index contributed by atoms with van der Waals surface area (Å²) in [5.41, 5.74) is 6.22. The van der Waals surface area contributed by atoms with Gasteiger partial charge in [-0.05, 0) is 31.2 Å². The van der Waals surface area contributed by atoms with Crippen molar-refractivity contribution in [2.75, 3.05) is 6.54 Å². The molecule has 0 radical (unpaired) electrons. The maximum Gasteiger partial charge on any atom is -0.00720 e. The molecule has 1 nitrogen and oxygen atoms in total. The zero-order valence-electron chi connectivity index (χ0n) is 9.03. The quantitative estimate of drug-likeness (QED) is 0.624. The van der Waals surface area contributed by atoms with Gasteiger partial charge in [0.15, 0.2) is 0 Å². The van der Waals surface area contributed by atoms with Crippen LogP contribution in [0.3, 0.4) is 0 Å². The number of hydrogen-bond donors (Lipinski definition) is 1. The molecular formula is C11H25N. The van der Waals surface area contributed by atoms with Crippen LogP contribution in [0.2, 0.25) is 0 Å². The Kier molecular flexibility index (Phi) is 6.45. The lowest BCUT2D eigenvalue weighted by Gasteiger charge is -2.32. The number of hydrogen-bond acceptors (Lipinski definition) is 1. The summed E-state index contributed by atoms with van der Waals surface area (Å²) >= 11 is 0. The number of rotatable bonds is 7. The molecule has 0 saturated carbocycles. The Balaban J connectivity index is 4.06. The molecule has 0 fully saturated rings. The van der Waals surface area contributed by atoms with Crippen molar-refractivity contribution in [2.24, 2.45) is 11.1 Å². The Labute approximate surface area is 77.7 Å². The third-order valence-electron chi connectivity index (χ3n) is 2.99. The molecule has 0 bridgehead atoms. The van der Waals surface area contributed by atoms with Gasteiger partial charge in [0.1, 0.15) is 0 Å². The Morgan fingerprint density at radius 1 is 0.917 bits per heavy atom. The van der Waals surface area contributed by atoms with E-state index in [1.165, 1.54) is 38.5 Å². The summed E-state index contributed by atoms with van der Waals surface area (Å²) in [6.07, 6.45) is 7.82. The van der Waals surface area contributed by atoms with Crippen LogP contribution in [-0.4, -0.2) is 6.54 Å². The van der Waals surface area contributed by atoms with Crippen molar-refractivity contribution in [1.29, 1.82) is 0 Å². The first kappa shape index (κ1) is 12.0. The highest BCUT2D eigenvalue weighted by atomic mass is 14.5. The standard InChI is InChI=1S/C11H25N/c1-4-7-11(6-3,8-5-2)9-10-12/h4-10,12H2,1-3H3. The van der Waals surface area contributed by atoms with E-state index in [1.807, 2.05) is 0 Å². The summed E-state index contributed by atoms with van der Waals surface area (Å²) < 4.78 is 0. The topological polar surface area (TPSA) is 26.0 Å². The average molecular weight is 171 g/mol. The number of nitrogens with two attached hydrogens (primary N) is 1. The Hall–Kier alpha value is -0.0400. The Morgan fingerprint density at radius 3 is 1.67 bits per heavy atom. The maximum atomic E-state index is 5.65. The molecule has 0 atom stereocenters. The molecule has 0 aromatic carbocycles. The van der Waals surface area contributed by atoms with Gasteiger partial charge >= 0.3 is 0 Å². The van der Waals surface area contributed by atoms with Crippen molar-refractivity contribution in [3.05, 3.63) is 0 Å². The van der Waals surface area contributed by atoms with Crippen molar-refractivity contribution in [3.63, 3.8) is 0 Å². The highest BCUT2D eigenvalue weighted by molar-refractivity contribution is 4.77. The molecule has 0 aliphatic heterocycles. The van der Waals surface area contributed by atoms with E-state index in [1.54, 1.807) is 0 Å². The van der Waals surface area contributed by atoms with Gasteiger partial charge in [0, 0.05) is 0 Å². The van der Waals surface area contributed by atoms with Crippen LogP contribution in [0, 0.1) is 5.41 Å². The van der Waals surface area contributed by atoms with E-state index in [-0.39, 0.29) is 0 Å². The van der Waals surface area contributed by atoms with Crippen LogP contribution in [0.15, 0.2) is 0 Å². The van der Waals surface area contributed by atoms with E-state index in [0.717, 1.165) is 6.54 Å². The first-order valence-electron chi connectivity index (χ1n) is 5.44. The molecule has 0 amide bonds. The maximum absolute atomic E-state index is 5.65. The Morgan fingerprint density at radius 2 is 1.42 bits per heavy atom. The van der Waals surface area contributed by atoms with E-state index in [0.29, 0.717) is 5.41 Å². The van der Waals surface area contributed by atoms with Crippen LogP contribution in [0.4, 0.5) is 0 Å². The van der Waals surface area contributed by atoms with E-state index in [4.69, 9.17) is 5.73 Å². The lowest BCUT2D eigenvalue weighted by molar-refractivity contribution is 0.208. The van der Waals surface area contributed by atoms with E-state index in [2.05, 4.69) is 20.8 Å². The van der Waals surface area contributed by atoms with Crippen LogP contribution in [0.5, 0.6) is 0 Å². The summed E-state index contributed by atoms with van der Waals surface area (Å²) in [6.45, 7) is 7.71. The van der Waals surface area contributed by atoms with Gasteiger partial charge in [-0.2, -0.15) is 0 Å². The molecule has 0 heterocycles. The molecular weight excluding hydrogens is 146 g/mol. The van der Waals surface area contributed by atoms with Gasteiger partial charge in [-0.15, -0.1) is 0 Å². The fraction of sp³-hybridized carbons (Fsp3) is 1.00. The largest absolute Gasteiger partial charge is 0.330 e. The molecule has 0 rings (SSSR count). The predicted molar refractivity (Wildman–Crippen MR) is 56.2 cm³/mol. The summed E-state index contributed by atoms with van der Waals surface area (Å²) in [5, 5.41) is 0. The summed E-state index contributed by atoms with van der Waals surface area (Å²) in [7, 11) is 0. The SMILES string of the molecule is CCCC(CC)(CCC)CCN. The molecule has 0 aliphatic rings. The van der Waals surface area contributed by atoms with Crippen molar-refractivity contribution < 1.29 is 0 Å². The average Bonchev–Trinajstić information content (AvgIpc) is 2.06. The van der Waals surface area contributed by atoms with Gasteiger partial charge < -0.3 is 5.73 Å². The molecule has 0 aromatic heterocycles. The zero-order valence-corrected chi connectivity index (χ0v) is 9.03. The van der Waals surface area contributed by atoms with Crippen molar-refractivity contribution in [1.82, 2.24) is 0 Å². The summed E-state index contributed by atoms with van der Waals surface area (Å²) in [6, 6.07) is 0. The molecule has 0 spiro atoms. The lowest BCUT2D eigenvalue weighted by atomic mass is 9.74. The molecule has 0 saturated heterocycles. The predicted octanol–water partition coefficient (Wildman–Crippen LogP) is 3.33. The van der Waals surface area contributed by atoms with E-state index in [9.17, 15) is 0 Å². The lowest BCUT2D eigenvalue weighted by Crippen LogP contribution is -2.23. The second-order valence-corrected chi connectivity index (χ2v) is 3.89. The molecule has 0 unspecified atom stereocenters. The molecule has 12 heavy (non-hydrogen) atoms. The van der Waals surface area contributed by atoms with Crippen LogP contribution in [0.25, 0.3) is 0 Å². The third kappa shape index (κ3) is 3.57. The second kappa shape index (κ2) is 6.47. The highest BCUT2D eigenvalue weighted by Crippen LogP contribution is 2.36. The fourth-order valence-corrected chi connectivity index (χ4v) is 2.27. The van der Waals surface area contributed by atoms with Crippen molar-refractivity contribution >= 4 is 0 Å². The van der Waals surface area contributed by atoms with Crippen molar-refractivity contribution in [2.45, 2.75) is 59.3 Å². The van der Waals surface area contributed by atoms with Gasteiger partial charge in [0.25, 0.3) is 0 Å².